The Balaban J connectivity index is 1.74. The van der Waals surface area contributed by atoms with Gasteiger partial charge in [0, 0.05) is 12.2 Å². The van der Waals surface area contributed by atoms with Gasteiger partial charge in [-0.05, 0) is 43.7 Å². The zero-order chi connectivity index (χ0) is 15.8. The third kappa shape index (κ3) is 5.48. The quantitative estimate of drug-likeness (QED) is 0.825. The van der Waals surface area contributed by atoms with Crippen molar-refractivity contribution in [3.05, 3.63) is 60.2 Å². The summed E-state index contributed by atoms with van der Waals surface area (Å²) in [4.78, 5) is 11.8. The van der Waals surface area contributed by atoms with E-state index in [0.29, 0.717) is 6.54 Å². The molecule has 0 aliphatic carbocycles. The molecule has 0 spiro atoms. The molecule has 0 heterocycles. The van der Waals surface area contributed by atoms with E-state index in [1.54, 1.807) is 0 Å². The van der Waals surface area contributed by atoms with Crippen molar-refractivity contribution in [3.8, 4) is 5.75 Å². The lowest BCUT2D eigenvalue weighted by molar-refractivity contribution is -0.119. The average molecular weight is 298 g/mol. The van der Waals surface area contributed by atoms with E-state index in [0.717, 1.165) is 17.0 Å². The molecule has 0 aromatic heterocycles. The maximum atomic E-state index is 11.8. The van der Waals surface area contributed by atoms with Crippen LogP contribution in [0.3, 0.4) is 0 Å². The van der Waals surface area contributed by atoms with Crippen LogP contribution in [0.25, 0.3) is 0 Å². The molecule has 0 radical (unpaired) electrons. The van der Waals surface area contributed by atoms with Gasteiger partial charge in [0.25, 0.3) is 0 Å². The predicted octanol–water partition coefficient (Wildman–Crippen LogP) is 3.20. The normalized spacial score (nSPS) is 10.3. The molecule has 0 aliphatic heterocycles. The summed E-state index contributed by atoms with van der Waals surface area (Å²) in [5, 5.41) is 5.97. The van der Waals surface area contributed by atoms with Crippen LogP contribution in [0.15, 0.2) is 54.6 Å². The SMILES string of the molecule is CC(C)Oc1ccc(CNC(=O)CNc2ccccc2)cc1. The second-order valence-electron chi connectivity index (χ2n) is 5.31. The second kappa shape index (κ2) is 8.08. The highest BCUT2D eigenvalue weighted by atomic mass is 16.5. The van der Waals surface area contributed by atoms with Crippen molar-refractivity contribution < 1.29 is 9.53 Å². The topological polar surface area (TPSA) is 50.4 Å². The van der Waals surface area contributed by atoms with Gasteiger partial charge in [0.1, 0.15) is 5.75 Å². The molecule has 4 heteroatoms. The number of para-hydroxylation sites is 1. The van der Waals surface area contributed by atoms with Gasteiger partial charge in [-0.1, -0.05) is 30.3 Å². The Bertz CT molecular complexity index is 580. The molecule has 0 saturated carbocycles. The molecule has 22 heavy (non-hydrogen) atoms. The van der Waals surface area contributed by atoms with E-state index in [9.17, 15) is 4.79 Å². The maximum absolute atomic E-state index is 11.8. The number of hydrogen-bond donors (Lipinski definition) is 2. The fourth-order valence-corrected chi connectivity index (χ4v) is 1.96. The van der Waals surface area contributed by atoms with Gasteiger partial charge in [0.15, 0.2) is 0 Å². The van der Waals surface area contributed by atoms with Crippen LogP contribution in [0.1, 0.15) is 19.4 Å². The molecule has 116 valence electrons. The molecule has 2 aromatic carbocycles. The molecular weight excluding hydrogens is 276 g/mol. The average Bonchev–Trinajstić information content (AvgIpc) is 2.53. The molecule has 0 saturated heterocycles. The Morgan fingerprint density at radius 1 is 1.05 bits per heavy atom. The van der Waals surface area contributed by atoms with Gasteiger partial charge >= 0.3 is 0 Å². The van der Waals surface area contributed by atoms with E-state index >= 15 is 0 Å². The molecule has 0 unspecified atom stereocenters. The van der Waals surface area contributed by atoms with Gasteiger partial charge in [-0.25, -0.2) is 0 Å². The number of carbonyl (C=O) groups excluding carboxylic acids is 1. The first-order valence-corrected chi connectivity index (χ1v) is 7.44. The van der Waals surface area contributed by atoms with Crippen molar-refractivity contribution in [1.82, 2.24) is 5.32 Å². The zero-order valence-electron chi connectivity index (χ0n) is 13.0. The Kier molecular flexibility index (Phi) is 5.83. The first kappa shape index (κ1) is 15.9. The number of anilines is 1. The van der Waals surface area contributed by atoms with E-state index in [1.165, 1.54) is 0 Å². The number of rotatable bonds is 7. The third-order valence-electron chi connectivity index (χ3n) is 3.01. The second-order valence-corrected chi connectivity index (χ2v) is 5.31. The highest BCUT2D eigenvalue weighted by Crippen LogP contribution is 2.13. The van der Waals surface area contributed by atoms with Crippen molar-refractivity contribution in [1.29, 1.82) is 0 Å². The van der Waals surface area contributed by atoms with E-state index in [-0.39, 0.29) is 18.6 Å². The number of carbonyl (C=O) groups is 1. The lowest BCUT2D eigenvalue weighted by atomic mass is 10.2. The number of benzene rings is 2. The van der Waals surface area contributed by atoms with Crippen molar-refractivity contribution in [2.24, 2.45) is 0 Å². The summed E-state index contributed by atoms with van der Waals surface area (Å²) in [5.41, 5.74) is 1.98. The van der Waals surface area contributed by atoms with Gasteiger partial charge in [-0.2, -0.15) is 0 Å². The van der Waals surface area contributed by atoms with Crippen LogP contribution in [0.5, 0.6) is 5.75 Å². The highest BCUT2D eigenvalue weighted by Gasteiger charge is 2.02. The summed E-state index contributed by atoms with van der Waals surface area (Å²) in [5.74, 6) is 0.808. The Hall–Kier alpha value is -2.49. The summed E-state index contributed by atoms with van der Waals surface area (Å²) in [6, 6.07) is 17.4. The molecule has 2 aromatic rings. The smallest absolute Gasteiger partial charge is 0.239 e. The summed E-state index contributed by atoms with van der Waals surface area (Å²) < 4.78 is 5.58. The number of amides is 1. The number of ether oxygens (including phenoxy) is 1. The largest absolute Gasteiger partial charge is 0.491 e. The Morgan fingerprint density at radius 2 is 1.73 bits per heavy atom. The van der Waals surface area contributed by atoms with E-state index < -0.39 is 0 Å². The summed E-state index contributed by atoms with van der Waals surface area (Å²) in [6.07, 6.45) is 0.162. The van der Waals surface area contributed by atoms with E-state index in [4.69, 9.17) is 4.74 Å². The molecule has 0 bridgehead atoms. The zero-order valence-corrected chi connectivity index (χ0v) is 13.0. The van der Waals surface area contributed by atoms with Crippen LogP contribution in [0, 0.1) is 0 Å². The molecule has 4 nitrogen and oxygen atoms in total. The van der Waals surface area contributed by atoms with E-state index in [1.807, 2.05) is 68.4 Å². The number of nitrogens with one attached hydrogen (secondary N) is 2. The molecule has 0 fully saturated rings. The number of hydrogen-bond acceptors (Lipinski definition) is 3. The van der Waals surface area contributed by atoms with Crippen molar-refractivity contribution in [2.45, 2.75) is 26.5 Å². The van der Waals surface area contributed by atoms with Gasteiger partial charge in [0.2, 0.25) is 5.91 Å². The minimum absolute atomic E-state index is 0.0358. The summed E-state index contributed by atoms with van der Waals surface area (Å²) in [6.45, 7) is 4.76. The highest BCUT2D eigenvalue weighted by molar-refractivity contribution is 5.80. The Morgan fingerprint density at radius 3 is 2.36 bits per heavy atom. The lowest BCUT2D eigenvalue weighted by Gasteiger charge is -2.11. The van der Waals surface area contributed by atoms with Crippen LogP contribution < -0.4 is 15.4 Å². The Labute approximate surface area is 131 Å². The predicted molar refractivity (Wildman–Crippen MR) is 89.0 cm³/mol. The van der Waals surface area contributed by atoms with Crippen molar-refractivity contribution >= 4 is 11.6 Å². The van der Waals surface area contributed by atoms with E-state index in [2.05, 4.69) is 10.6 Å². The monoisotopic (exact) mass is 298 g/mol. The molecule has 1 amide bonds. The summed E-state index contributed by atoms with van der Waals surface area (Å²) >= 11 is 0. The third-order valence-corrected chi connectivity index (χ3v) is 3.01. The van der Waals surface area contributed by atoms with Gasteiger partial charge in [0.05, 0.1) is 12.6 Å². The van der Waals surface area contributed by atoms with Crippen LogP contribution in [-0.4, -0.2) is 18.6 Å². The minimum Gasteiger partial charge on any atom is -0.491 e. The van der Waals surface area contributed by atoms with Crippen LogP contribution in [0.2, 0.25) is 0 Å². The lowest BCUT2D eigenvalue weighted by Crippen LogP contribution is -2.29. The van der Waals surface area contributed by atoms with Gasteiger partial charge in [-0.3, -0.25) is 4.79 Å². The first-order chi connectivity index (χ1) is 10.6. The van der Waals surface area contributed by atoms with Crippen LogP contribution in [0.4, 0.5) is 5.69 Å². The van der Waals surface area contributed by atoms with Crippen LogP contribution in [-0.2, 0) is 11.3 Å². The van der Waals surface area contributed by atoms with Crippen molar-refractivity contribution in [3.63, 3.8) is 0 Å². The van der Waals surface area contributed by atoms with Gasteiger partial charge in [-0.15, -0.1) is 0 Å². The molecule has 0 atom stereocenters. The first-order valence-electron chi connectivity index (χ1n) is 7.44. The summed E-state index contributed by atoms with van der Waals surface area (Å²) in [7, 11) is 0. The van der Waals surface area contributed by atoms with Crippen LogP contribution >= 0.6 is 0 Å². The van der Waals surface area contributed by atoms with Gasteiger partial charge < -0.3 is 15.4 Å². The maximum Gasteiger partial charge on any atom is 0.239 e. The standard InChI is InChI=1S/C18H22N2O2/c1-14(2)22-17-10-8-15(9-11-17)12-20-18(21)13-19-16-6-4-3-5-7-16/h3-11,14,19H,12-13H2,1-2H3,(H,20,21). The molecule has 2 rings (SSSR count). The van der Waals surface area contributed by atoms with Crippen molar-refractivity contribution in [2.75, 3.05) is 11.9 Å². The minimum atomic E-state index is -0.0358. The molecular formula is C18H22N2O2. The molecule has 2 N–H and O–H groups in total. The fraction of sp³-hybridized carbons (Fsp3) is 0.278. The molecule has 0 aliphatic rings. The fourth-order valence-electron chi connectivity index (χ4n) is 1.96.